The summed E-state index contributed by atoms with van der Waals surface area (Å²) in [6.07, 6.45) is 5.58. The molecule has 5 heteroatoms. The highest BCUT2D eigenvalue weighted by Gasteiger charge is 2.14. The molecule has 0 aliphatic carbocycles. The van der Waals surface area contributed by atoms with Crippen molar-refractivity contribution in [3.05, 3.63) is 18.1 Å². The van der Waals surface area contributed by atoms with E-state index in [-0.39, 0.29) is 0 Å². The lowest BCUT2D eigenvalue weighted by molar-refractivity contribution is 0.0489. The van der Waals surface area contributed by atoms with Crippen LogP contribution in [0.25, 0.3) is 0 Å². The lowest BCUT2D eigenvalue weighted by atomic mass is 10.0. The first-order valence-electron chi connectivity index (χ1n) is 6.04. The fourth-order valence-corrected chi connectivity index (χ4v) is 1.81. The van der Waals surface area contributed by atoms with Gasteiger partial charge >= 0.3 is 0 Å². The van der Waals surface area contributed by atoms with Gasteiger partial charge in [0.2, 0.25) is 5.88 Å². The summed E-state index contributed by atoms with van der Waals surface area (Å²) in [4.78, 5) is 8.48. The number of nitrogens with one attached hydrogen (secondary N) is 1. The normalized spacial score (nSPS) is 17.0. The summed E-state index contributed by atoms with van der Waals surface area (Å²) in [5.41, 5.74) is 0.922. The second-order valence-corrected chi connectivity index (χ2v) is 4.24. The molecule has 0 atom stereocenters. The van der Waals surface area contributed by atoms with Gasteiger partial charge in [-0.1, -0.05) is 0 Å². The van der Waals surface area contributed by atoms with Crippen molar-refractivity contribution in [2.24, 2.45) is 5.92 Å². The van der Waals surface area contributed by atoms with E-state index in [1.54, 1.807) is 12.4 Å². The van der Waals surface area contributed by atoms with Crippen LogP contribution in [0.4, 0.5) is 0 Å². The molecule has 1 aromatic heterocycles. The Bertz CT molecular complexity index is 323. The molecular formula is C12H19N3O2. The minimum atomic E-state index is 0.586. The van der Waals surface area contributed by atoms with E-state index in [1.165, 1.54) is 0 Å². The number of ether oxygens (including phenoxy) is 2. The Morgan fingerprint density at radius 2 is 2.18 bits per heavy atom. The van der Waals surface area contributed by atoms with Crippen LogP contribution >= 0.6 is 0 Å². The van der Waals surface area contributed by atoms with Gasteiger partial charge in [0.05, 0.1) is 24.7 Å². The van der Waals surface area contributed by atoms with E-state index < -0.39 is 0 Å². The van der Waals surface area contributed by atoms with Crippen molar-refractivity contribution >= 4 is 0 Å². The van der Waals surface area contributed by atoms with E-state index in [2.05, 4.69) is 15.3 Å². The largest absolute Gasteiger partial charge is 0.476 e. The van der Waals surface area contributed by atoms with Gasteiger partial charge in [-0.3, -0.25) is 4.98 Å². The first kappa shape index (κ1) is 12.3. The minimum absolute atomic E-state index is 0.586. The second-order valence-electron chi connectivity index (χ2n) is 4.24. The zero-order valence-electron chi connectivity index (χ0n) is 10.2. The Labute approximate surface area is 102 Å². The van der Waals surface area contributed by atoms with Gasteiger partial charge in [-0.25, -0.2) is 4.98 Å². The predicted octanol–water partition coefficient (Wildman–Crippen LogP) is 1.00. The first-order valence-corrected chi connectivity index (χ1v) is 6.04. The molecule has 0 saturated carbocycles. The molecule has 5 nitrogen and oxygen atoms in total. The quantitative estimate of drug-likeness (QED) is 0.828. The van der Waals surface area contributed by atoms with Gasteiger partial charge in [0.1, 0.15) is 0 Å². The van der Waals surface area contributed by atoms with Crippen LogP contribution in [-0.2, 0) is 11.3 Å². The van der Waals surface area contributed by atoms with E-state index >= 15 is 0 Å². The Balaban J connectivity index is 1.77. The number of nitrogens with zero attached hydrogens (tertiary/aromatic N) is 2. The number of aromatic nitrogens is 2. The maximum Gasteiger partial charge on any atom is 0.232 e. The fraction of sp³-hybridized carbons (Fsp3) is 0.667. The molecule has 0 unspecified atom stereocenters. The van der Waals surface area contributed by atoms with Crippen molar-refractivity contribution in [2.75, 3.05) is 26.9 Å². The summed E-state index contributed by atoms with van der Waals surface area (Å²) in [7, 11) is 1.89. The monoisotopic (exact) mass is 237 g/mol. The number of hydrogen-bond donors (Lipinski definition) is 1. The highest BCUT2D eigenvalue weighted by molar-refractivity contribution is 5.07. The summed E-state index contributed by atoms with van der Waals surface area (Å²) >= 11 is 0. The van der Waals surface area contributed by atoms with Crippen LogP contribution in [0.15, 0.2) is 12.4 Å². The van der Waals surface area contributed by atoms with Gasteiger partial charge in [-0.05, 0) is 25.8 Å². The predicted molar refractivity (Wildman–Crippen MR) is 63.8 cm³/mol. The van der Waals surface area contributed by atoms with E-state index in [9.17, 15) is 0 Å². The molecule has 0 amide bonds. The van der Waals surface area contributed by atoms with Crippen molar-refractivity contribution in [3.63, 3.8) is 0 Å². The Kier molecular flexibility index (Phi) is 4.70. The van der Waals surface area contributed by atoms with E-state index in [1.807, 2.05) is 7.05 Å². The first-order chi connectivity index (χ1) is 8.38. The van der Waals surface area contributed by atoms with Gasteiger partial charge in [0, 0.05) is 19.8 Å². The van der Waals surface area contributed by atoms with Crippen molar-refractivity contribution < 1.29 is 9.47 Å². The van der Waals surface area contributed by atoms with Gasteiger partial charge < -0.3 is 14.8 Å². The molecule has 1 fully saturated rings. The van der Waals surface area contributed by atoms with Crippen molar-refractivity contribution in [1.29, 1.82) is 0 Å². The molecule has 1 aliphatic heterocycles. The van der Waals surface area contributed by atoms with E-state index in [0.717, 1.165) is 38.3 Å². The van der Waals surface area contributed by atoms with E-state index in [0.29, 0.717) is 18.4 Å². The van der Waals surface area contributed by atoms with Crippen LogP contribution in [0.5, 0.6) is 5.88 Å². The minimum Gasteiger partial charge on any atom is -0.476 e. The summed E-state index contributed by atoms with van der Waals surface area (Å²) in [5, 5.41) is 3.03. The topological polar surface area (TPSA) is 56.3 Å². The molecule has 17 heavy (non-hydrogen) atoms. The number of hydrogen-bond acceptors (Lipinski definition) is 5. The number of rotatable bonds is 5. The smallest absolute Gasteiger partial charge is 0.232 e. The molecule has 1 N–H and O–H groups in total. The van der Waals surface area contributed by atoms with Crippen LogP contribution < -0.4 is 10.1 Å². The zero-order valence-corrected chi connectivity index (χ0v) is 10.2. The Morgan fingerprint density at radius 1 is 1.35 bits per heavy atom. The van der Waals surface area contributed by atoms with E-state index in [4.69, 9.17) is 9.47 Å². The SMILES string of the molecule is CNCc1cnc(OCC2CCOCC2)cn1. The van der Waals surface area contributed by atoms with Crippen LogP contribution in [0.1, 0.15) is 18.5 Å². The maximum absolute atomic E-state index is 5.63. The van der Waals surface area contributed by atoms with Crippen LogP contribution in [-0.4, -0.2) is 36.8 Å². The summed E-state index contributed by atoms with van der Waals surface area (Å²) < 4.78 is 10.9. The Hall–Kier alpha value is -1.20. The van der Waals surface area contributed by atoms with Crippen molar-refractivity contribution in [2.45, 2.75) is 19.4 Å². The Morgan fingerprint density at radius 3 is 2.82 bits per heavy atom. The average molecular weight is 237 g/mol. The third kappa shape index (κ3) is 3.94. The lowest BCUT2D eigenvalue weighted by Crippen LogP contribution is -2.21. The summed E-state index contributed by atoms with van der Waals surface area (Å²) in [6, 6.07) is 0. The lowest BCUT2D eigenvalue weighted by Gasteiger charge is -2.21. The van der Waals surface area contributed by atoms with Crippen LogP contribution in [0, 0.1) is 5.92 Å². The third-order valence-electron chi connectivity index (χ3n) is 2.85. The molecule has 2 rings (SSSR count). The molecule has 1 aromatic rings. The molecule has 94 valence electrons. The average Bonchev–Trinajstić information content (AvgIpc) is 2.40. The van der Waals surface area contributed by atoms with Gasteiger partial charge in [-0.15, -0.1) is 0 Å². The fourth-order valence-electron chi connectivity index (χ4n) is 1.81. The van der Waals surface area contributed by atoms with Crippen molar-refractivity contribution in [1.82, 2.24) is 15.3 Å². The van der Waals surface area contributed by atoms with Gasteiger partial charge in [0.25, 0.3) is 0 Å². The highest BCUT2D eigenvalue weighted by Crippen LogP contribution is 2.16. The summed E-state index contributed by atoms with van der Waals surface area (Å²) in [5.74, 6) is 1.19. The highest BCUT2D eigenvalue weighted by atomic mass is 16.5. The molecular weight excluding hydrogens is 218 g/mol. The zero-order chi connectivity index (χ0) is 11.9. The second kappa shape index (κ2) is 6.51. The van der Waals surface area contributed by atoms with Crippen LogP contribution in [0.2, 0.25) is 0 Å². The molecule has 1 saturated heterocycles. The maximum atomic E-state index is 5.63. The summed E-state index contributed by atoms with van der Waals surface area (Å²) in [6.45, 7) is 3.14. The molecule has 2 heterocycles. The van der Waals surface area contributed by atoms with Crippen molar-refractivity contribution in [3.8, 4) is 5.88 Å². The third-order valence-corrected chi connectivity index (χ3v) is 2.85. The standard InChI is InChI=1S/C12H19N3O2/c1-13-6-11-7-15-12(8-14-11)17-9-10-2-4-16-5-3-10/h7-8,10,13H,2-6,9H2,1H3. The molecule has 0 spiro atoms. The molecule has 0 aromatic carbocycles. The molecule has 0 bridgehead atoms. The molecule has 1 aliphatic rings. The van der Waals surface area contributed by atoms with Gasteiger partial charge in [0.15, 0.2) is 0 Å². The van der Waals surface area contributed by atoms with Crippen LogP contribution in [0.3, 0.4) is 0 Å². The molecule has 0 radical (unpaired) electrons. The van der Waals surface area contributed by atoms with Gasteiger partial charge in [-0.2, -0.15) is 0 Å².